The lowest BCUT2D eigenvalue weighted by molar-refractivity contribution is -0.525. The van der Waals surface area contributed by atoms with Gasteiger partial charge in [0.25, 0.3) is 5.96 Å². The molecule has 0 aromatic heterocycles. The highest BCUT2D eigenvalue weighted by Crippen LogP contribution is 2.29. The Bertz CT molecular complexity index is 2170. The van der Waals surface area contributed by atoms with E-state index in [0.717, 1.165) is 77.9 Å². The normalized spacial score (nSPS) is 16.4. The third kappa shape index (κ3) is 14.5. The third-order valence-electron chi connectivity index (χ3n) is 12.0. The molecule has 1 heterocycles. The second kappa shape index (κ2) is 23.9. The van der Waals surface area contributed by atoms with Crippen LogP contribution < -0.4 is 27.1 Å². The number of nitrogens with zero attached hydrogens (tertiary/aromatic N) is 3. The van der Waals surface area contributed by atoms with E-state index < -0.39 is 41.0 Å². The minimum atomic E-state index is -1.18. The number of fused-ring (bicyclic) bond motifs is 2. The fraction of sp³-hybridized carbons (Fsp3) is 0.458. The molecule has 2 aliphatic rings. The molecular formula is C48H60N8O7. The van der Waals surface area contributed by atoms with E-state index in [4.69, 9.17) is 10.5 Å². The van der Waals surface area contributed by atoms with Crippen molar-refractivity contribution >= 4 is 45.2 Å². The first-order chi connectivity index (χ1) is 30.6. The maximum Gasteiger partial charge on any atom is 0.252 e. The van der Waals surface area contributed by atoms with Gasteiger partial charge >= 0.3 is 0 Å². The fourth-order valence-electron chi connectivity index (χ4n) is 8.67. The molecule has 0 radical (unpaired) electrons. The second-order valence-corrected chi connectivity index (χ2v) is 16.5. The van der Waals surface area contributed by atoms with Crippen LogP contribution in [0, 0.1) is 33.8 Å². The van der Waals surface area contributed by atoms with Gasteiger partial charge in [0.05, 0.1) is 31.8 Å². The molecular weight excluding hydrogens is 801 g/mol. The summed E-state index contributed by atoms with van der Waals surface area (Å²) in [6.45, 7) is 3.80. The molecule has 4 aromatic rings. The topological polar surface area (TPSA) is 214 Å². The number of ether oxygens (including phenoxy) is 1. The van der Waals surface area contributed by atoms with Crippen molar-refractivity contribution in [2.45, 2.75) is 82.4 Å². The van der Waals surface area contributed by atoms with Crippen molar-refractivity contribution in [2.24, 2.45) is 22.6 Å². The van der Waals surface area contributed by atoms with Crippen LogP contribution >= 0.6 is 0 Å². The number of benzene rings is 4. The minimum Gasteiger partial charge on any atom is -0.390 e. The van der Waals surface area contributed by atoms with Crippen molar-refractivity contribution in [3.8, 4) is 11.8 Å². The summed E-state index contributed by atoms with van der Waals surface area (Å²) in [6.07, 6.45) is 4.88. The largest absolute Gasteiger partial charge is 0.390 e. The van der Waals surface area contributed by atoms with Crippen LogP contribution in [0.2, 0.25) is 0 Å². The van der Waals surface area contributed by atoms with E-state index in [1.54, 1.807) is 5.43 Å². The number of carbonyl (C=O) groups is 3. The first kappa shape index (κ1) is 46.4. The lowest BCUT2D eigenvalue weighted by Crippen LogP contribution is -2.54. The van der Waals surface area contributed by atoms with Gasteiger partial charge in [-0.25, -0.2) is 15.1 Å². The molecule has 4 aromatic carbocycles. The number of rotatable bonds is 19. The van der Waals surface area contributed by atoms with E-state index in [2.05, 4.69) is 37.7 Å². The van der Waals surface area contributed by atoms with Crippen molar-refractivity contribution in [1.29, 1.82) is 0 Å². The number of carbonyl (C=O) groups excluding carboxylic acids is 3. The summed E-state index contributed by atoms with van der Waals surface area (Å²) < 4.78 is 5.42. The molecule has 63 heavy (non-hydrogen) atoms. The Labute approximate surface area is 368 Å². The Morgan fingerprint density at radius 1 is 0.857 bits per heavy atom. The number of nitrogens with one attached hydrogen (secondary N) is 4. The standard InChI is InChI=1S/C48H60N8O7/c49-48(54-56(61)62)51-23-9-8-22-42(47(60)53-43(30-34-12-2-1-3-13-34)44(57)33-45(58)50-24-25-55-26-28-63-29-27-55)52-46(59)39(31-37-18-10-16-35-14-4-6-20-40(35)37)32-38-19-11-17-36-15-5-7-21-41(36)38/h4-7,10-11,14-21,34,39,42-44,57H,1-3,12-13,22-33H2,(H,50,58)(H,52,59)(H,53,60)(H3,49,51,54). The Balaban J connectivity index is 1.24. The average molecular weight is 861 g/mol. The van der Waals surface area contributed by atoms with E-state index in [-0.39, 0.29) is 37.1 Å². The molecule has 0 bridgehead atoms. The number of aliphatic imine (C=N–C) groups is 1. The summed E-state index contributed by atoms with van der Waals surface area (Å²) in [6, 6.07) is 26.2. The molecule has 15 nitrogen and oxygen atoms in total. The zero-order valence-corrected chi connectivity index (χ0v) is 35.8. The van der Waals surface area contributed by atoms with Gasteiger partial charge in [-0.1, -0.05) is 134 Å². The smallest absolute Gasteiger partial charge is 0.252 e. The van der Waals surface area contributed by atoms with Gasteiger partial charge in [-0.05, 0) is 57.9 Å². The van der Waals surface area contributed by atoms with E-state index in [1.807, 2.05) is 84.9 Å². The number of morpholine rings is 1. The van der Waals surface area contributed by atoms with Crippen LogP contribution in [0.1, 0.15) is 62.5 Å². The summed E-state index contributed by atoms with van der Waals surface area (Å²) in [4.78, 5) is 59.2. The van der Waals surface area contributed by atoms with Crippen LogP contribution in [0.5, 0.6) is 0 Å². The molecule has 15 heteroatoms. The van der Waals surface area contributed by atoms with Gasteiger partial charge in [-0.15, -0.1) is 0 Å². The number of amides is 3. The molecule has 6 rings (SSSR count). The maximum absolute atomic E-state index is 14.8. The maximum atomic E-state index is 14.8. The minimum absolute atomic E-state index is 0.126. The van der Waals surface area contributed by atoms with Gasteiger partial charge in [-0.2, -0.15) is 0 Å². The van der Waals surface area contributed by atoms with Gasteiger partial charge in [0.2, 0.25) is 17.7 Å². The Morgan fingerprint density at radius 2 is 1.48 bits per heavy atom. The molecule has 1 aliphatic heterocycles. The van der Waals surface area contributed by atoms with Gasteiger partial charge in [0.1, 0.15) is 12.6 Å². The van der Waals surface area contributed by atoms with Crippen LogP contribution in [-0.2, 0) is 32.0 Å². The molecule has 3 unspecified atom stereocenters. The molecule has 7 N–H and O–H groups in total. The molecule has 3 atom stereocenters. The van der Waals surface area contributed by atoms with Crippen molar-refractivity contribution in [3.63, 3.8) is 0 Å². The van der Waals surface area contributed by atoms with Crippen LogP contribution in [-0.4, -0.2) is 103 Å². The molecule has 1 aliphatic carbocycles. The highest BCUT2D eigenvalue weighted by molar-refractivity contribution is 5.91. The van der Waals surface area contributed by atoms with E-state index in [1.165, 1.54) is 0 Å². The predicted molar refractivity (Wildman–Crippen MR) is 244 cm³/mol. The number of guanidine groups is 1. The summed E-state index contributed by atoms with van der Waals surface area (Å²) in [7, 11) is 0. The fourth-order valence-corrected chi connectivity index (χ4v) is 8.67. The van der Waals surface area contributed by atoms with Gasteiger partial charge in [-0.3, -0.25) is 19.3 Å². The Morgan fingerprint density at radius 3 is 2.11 bits per heavy atom. The molecule has 0 spiro atoms. The number of nitro groups is 1. The zero-order chi connectivity index (χ0) is 44.4. The first-order valence-corrected chi connectivity index (χ1v) is 22.1. The molecule has 1 saturated heterocycles. The molecule has 1 saturated carbocycles. The highest BCUT2D eigenvalue weighted by atomic mass is 16.7. The highest BCUT2D eigenvalue weighted by Gasteiger charge is 2.32. The number of hydrazine groups is 1. The summed E-state index contributed by atoms with van der Waals surface area (Å²) in [5.74, 6) is 3.71. The lowest BCUT2D eigenvalue weighted by Gasteiger charge is -2.31. The number of hydrogen-bond acceptors (Lipinski definition) is 9. The third-order valence-corrected chi connectivity index (χ3v) is 12.0. The Hall–Kier alpha value is -6.08. The molecule has 3 amide bonds. The van der Waals surface area contributed by atoms with Gasteiger partial charge in [0.15, 0.2) is 5.03 Å². The van der Waals surface area contributed by atoms with Gasteiger partial charge < -0.3 is 31.5 Å². The van der Waals surface area contributed by atoms with Crippen LogP contribution in [0.3, 0.4) is 0 Å². The van der Waals surface area contributed by atoms with Gasteiger partial charge in [0, 0.05) is 38.5 Å². The molecule has 334 valence electrons. The summed E-state index contributed by atoms with van der Waals surface area (Å²) >= 11 is 0. The SMILES string of the molecule is NC(=NCC#CCC(NC(=O)C(Cc1cccc2ccccc12)Cc1cccc2ccccc12)C(=O)NC(CC1CCCCC1)C(O)CC(=O)NCCN1CCOCC1)N[N+](=O)[O-]. The molecule has 2 fully saturated rings. The second-order valence-electron chi connectivity index (χ2n) is 16.5. The summed E-state index contributed by atoms with van der Waals surface area (Å²) in [5.41, 5.74) is 9.32. The van der Waals surface area contributed by atoms with Crippen molar-refractivity contribution in [3.05, 3.63) is 106 Å². The van der Waals surface area contributed by atoms with E-state index in [9.17, 15) is 29.6 Å². The first-order valence-electron chi connectivity index (χ1n) is 22.1. The van der Waals surface area contributed by atoms with Crippen LogP contribution in [0.4, 0.5) is 0 Å². The number of nitrogens with two attached hydrogens (primary N) is 1. The van der Waals surface area contributed by atoms with Crippen LogP contribution in [0.25, 0.3) is 21.5 Å². The van der Waals surface area contributed by atoms with Crippen molar-refractivity contribution in [2.75, 3.05) is 45.9 Å². The monoisotopic (exact) mass is 860 g/mol. The van der Waals surface area contributed by atoms with Crippen molar-refractivity contribution in [1.82, 2.24) is 26.3 Å². The number of hydrogen-bond donors (Lipinski definition) is 6. The predicted octanol–water partition coefficient (Wildman–Crippen LogP) is 4.02. The lowest BCUT2D eigenvalue weighted by atomic mass is 9.83. The van der Waals surface area contributed by atoms with Crippen molar-refractivity contribution < 1.29 is 29.3 Å². The Kier molecular flexibility index (Phi) is 17.6. The summed E-state index contributed by atoms with van der Waals surface area (Å²) in [5, 5.41) is 34.7. The quantitative estimate of drug-likeness (QED) is 0.0262. The zero-order valence-electron chi connectivity index (χ0n) is 35.8. The van der Waals surface area contributed by atoms with E-state index >= 15 is 0 Å². The number of aliphatic hydroxyl groups excluding tert-OH is 1. The van der Waals surface area contributed by atoms with E-state index in [0.29, 0.717) is 45.6 Å². The van der Waals surface area contributed by atoms with Crippen LogP contribution in [0.15, 0.2) is 89.9 Å². The average Bonchev–Trinajstić information content (AvgIpc) is 3.28. The number of aliphatic hydroxyl groups is 1.